The average Bonchev–Trinajstić information content (AvgIpc) is 2.16. The first-order valence-electron chi connectivity index (χ1n) is 4.99. The van der Waals surface area contributed by atoms with Crippen molar-refractivity contribution in [3.8, 4) is 5.75 Å². The van der Waals surface area contributed by atoms with Crippen LogP contribution in [-0.4, -0.2) is 18.6 Å². The molecule has 80 valence electrons. The van der Waals surface area contributed by atoms with Gasteiger partial charge in [-0.1, -0.05) is 6.07 Å². The van der Waals surface area contributed by atoms with E-state index in [0.29, 0.717) is 0 Å². The van der Waals surface area contributed by atoms with Crippen molar-refractivity contribution in [2.75, 3.05) is 11.9 Å². The van der Waals surface area contributed by atoms with Crippen LogP contribution in [-0.2, 0) is 4.79 Å². The first-order chi connectivity index (χ1) is 6.92. The lowest BCUT2D eigenvalue weighted by atomic mass is 10.0. The van der Waals surface area contributed by atoms with Crippen LogP contribution < -0.4 is 9.64 Å². The van der Waals surface area contributed by atoms with Gasteiger partial charge in [0.05, 0.1) is 5.69 Å². The van der Waals surface area contributed by atoms with Gasteiger partial charge in [0, 0.05) is 7.05 Å². The second kappa shape index (κ2) is 2.99. The molecule has 0 saturated heterocycles. The number of benzene rings is 1. The van der Waals surface area contributed by atoms with Crippen LogP contribution in [0, 0.1) is 6.92 Å². The van der Waals surface area contributed by atoms with Crippen LogP contribution in [0.1, 0.15) is 19.4 Å². The highest BCUT2D eigenvalue weighted by atomic mass is 16.5. The van der Waals surface area contributed by atoms with E-state index in [0.717, 1.165) is 17.0 Å². The number of carbonyl (C=O) groups excluding carboxylic acids is 1. The maximum absolute atomic E-state index is 11.9. The first kappa shape index (κ1) is 10.0. The lowest BCUT2D eigenvalue weighted by Gasteiger charge is -2.36. The van der Waals surface area contributed by atoms with E-state index < -0.39 is 5.60 Å². The Kier molecular flexibility index (Phi) is 2.00. The van der Waals surface area contributed by atoms with Crippen molar-refractivity contribution >= 4 is 11.6 Å². The Labute approximate surface area is 89.7 Å². The van der Waals surface area contributed by atoms with E-state index in [1.807, 2.05) is 25.1 Å². The second-order valence-electron chi connectivity index (χ2n) is 4.45. The van der Waals surface area contributed by atoms with Crippen LogP contribution >= 0.6 is 0 Å². The van der Waals surface area contributed by atoms with Gasteiger partial charge in [0.15, 0.2) is 5.60 Å². The summed E-state index contributed by atoms with van der Waals surface area (Å²) in [6.45, 7) is 5.57. The summed E-state index contributed by atoms with van der Waals surface area (Å²) in [5, 5.41) is 0. The van der Waals surface area contributed by atoms with E-state index in [4.69, 9.17) is 4.74 Å². The van der Waals surface area contributed by atoms with Crippen LogP contribution in [0.25, 0.3) is 0 Å². The number of fused-ring (bicyclic) bond motifs is 1. The number of aryl methyl sites for hydroxylation is 1. The smallest absolute Gasteiger partial charge is 0.270 e. The molecule has 0 radical (unpaired) electrons. The minimum absolute atomic E-state index is 0.0133. The summed E-state index contributed by atoms with van der Waals surface area (Å²) >= 11 is 0. The summed E-state index contributed by atoms with van der Waals surface area (Å²) in [6.07, 6.45) is 0. The van der Waals surface area contributed by atoms with Crippen LogP contribution in [0.2, 0.25) is 0 Å². The van der Waals surface area contributed by atoms with Gasteiger partial charge in [0.1, 0.15) is 5.75 Å². The summed E-state index contributed by atoms with van der Waals surface area (Å²) < 4.78 is 5.67. The maximum Gasteiger partial charge on any atom is 0.270 e. The molecule has 3 nitrogen and oxygen atoms in total. The summed E-state index contributed by atoms with van der Waals surface area (Å²) in [5.41, 5.74) is 1.20. The fourth-order valence-electron chi connectivity index (χ4n) is 1.81. The minimum Gasteiger partial charge on any atom is -0.476 e. The van der Waals surface area contributed by atoms with Gasteiger partial charge in [0.25, 0.3) is 5.91 Å². The number of amides is 1. The predicted molar refractivity (Wildman–Crippen MR) is 59.3 cm³/mol. The number of carbonyl (C=O) groups is 1. The molecule has 0 aromatic heterocycles. The standard InChI is InChI=1S/C12H15NO2/c1-8-5-6-10-9(7-8)13(4)11(14)12(2,3)15-10/h5-7H,1-4H3. The molecule has 0 N–H and O–H groups in total. The molecule has 1 amide bonds. The zero-order valence-corrected chi connectivity index (χ0v) is 9.50. The number of nitrogens with zero attached hydrogens (tertiary/aromatic N) is 1. The highest BCUT2D eigenvalue weighted by Gasteiger charge is 2.38. The number of ether oxygens (including phenoxy) is 1. The molecular formula is C12H15NO2. The second-order valence-corrected chi connectivity index (χ2v) is 4.45. The van der Waals surface area contributed by atoms with E-state index >= 15 is 0 Å². The van der Waals surface area contributed by atoms with Crippen molar-refractivity contribution in [3.05, 3.63) is 23.8 Å². The third-order valence-electron chi connectivity index (χ3n) is 2.66. The van der Waals surface area contributed by atoms with Gasteiger partial charge in [-0.05, 0) is 38.5 Å². The molecule has 0 atom stereocenters. The molecule has 1 heterocycles. The van der Waals surface area contributed by atoms with Gasteiger partial charge >= 0.3 is 0 Å². The number of hydrogen-bond donors (Lipinski definition) is 0. The molecule has 1 aromatic rings. The lowest BCUT2D eigenvalue weighted by molar-refractivity contribution is -0.132. The number of hydrogen-bond acceptors (Lipinski definition) is 2. The summed E-state index contributed by atoms with van der Waals surface area (Å²) in [6, 6.07) is 5.86. The van der Waals surface area contributed by atoms with Gasteiger partial charge in [0.2, 0.25) is 0 Å². The summed E-state index contributed by atoms with van der Waals surface area (Å²) in [5.74, 6) is 0.758. The van der Waals surface area contributed by atoms with Gasteiger partial charge in [-0.15, -0.1) is 0 Å². The number of anilines is 1. The van der Waals surface area contributed by atoms with Crippen LogP contribution in [0.15, 0.2) is 18.2 Å². The molecule has 0 aliphatic carbocycles. The third kappa shape index (κ3) is 1.48. The van der Waals surface area contributed by atoms with Crippen molar-refractivity contribution in [1.29, 1.82) is 0 Å². The van der Waals surface area contributed by atoms with Gasteiger partial charge in [-0.2, -0.15) is 0 Å². The highest BCUT2D eigenvalue weighted by molar-refractivity contribution is 6.01. The Morgan fingerprint density at radius 3 is 2.67 bits per heavy atom. The lowest BCUT2D eigenvalue weighted by Crippen LogP contribution is -2.50. The zero-order chi connectivity index (χ0) is 11.2. The Morgan fingerprint density at radius 2 is 2.00 bits per heavy atom. The van der Waals surface area contributed by atoms with Gasteiger partial charge < -0.3 is 9.64 Å². The van der Waals surface area contributed by atoms with Crippen LogP contribution in [0.4, 0.5) is 5.69 Å². The van der Waals surface area contributed by atoms with Crippen molar-refractivity contribution in [2.45, 2.75) is 26.4 Å². The Morgan fingerprint density at radius 1 is 1.33 bits per heavy atom. The minimum atomic E-state index is -0.767. The van der Waals surface area contributed by atoms with Crippen molar-refractivity contribution in [3.63, 3.8) is 0 Å². The quantitative estimate of drug-likeness (QED) is 0.649. The van der Waals surface area contributed by atoms with E-state index in [1.165, 1.54) is 0 Å². The van der Waals surface area contributed by atoms with Crippen LogP contribution in [0.5, 0.6) is 5.75 Å². The maximum atomic E-state index is 11.9. The third-order valence-corrected chi connectivity index (χ3v) is 2.66. The van der Waals surface area contributed by atoms with Crippen molar-refractivity contribution in [2.24, 2.45) is 0 Å². The predicted octanol–water partition coefficient (Wildman–Crippen LogP) is 2.13. The number of rotatable bonds is 0. The fourth-order valence-corrected chi connectivity index (χ4v) is 1.81. The highest BCUT2D eigenvalue weighted by Crippen LogP contribution is 2.37. The Bertz CT molecular complexity index is 424. The molecule has 2 rings (SSSR count). The molecule has 15 heavy (non-hydrogen) atoms. The largest absolute Gasteiger partial charge is 0.476 e. The van der Waals surface area contributed by atoms with E-state index in [1.54, 1.807) is 25.8 Å². The van der Waals surface area contributed by atoms with Crippen molar-refractivity contribution < 1.29 is 9.53 Å². The Hall–Kier alpha value is -1.51. The fraction of sp³-hybridized carbons (Fsp3) is 0.417. The number of likely N-dealkylation sites (N-methyl/N-ethyl adjacent to an activating group) is 1. The molecule has 0 saturated carbocycles. The first-order valence-corrected chi connectivity index (χ1v) is 4.99. The van der Waals surface area contributed by atoms with E-state index in [9.17, 15) is 4.79 Å². The van der Waals surface area contributed by atoms with Crippen molar-refractivity contribution in [1.82, 2.24) is 0 Å². The Balaban J connectivity index is 2.55. The normalized spacial score (nSPS) is 18.4. The monoisotopic (exact) mass is 205 g/mol. The SMILES string of the molecule is Cc1ccc2c(c1)N(C)C(=O)C(C)(C)O2. The molecule has 0 unspecified atom stereocenters. The van der Waals surface area contributed by atoms with E-state index in [-0.39, 0.29) is 5.91 Å². The molecular weight excluding hydrogens is 190 g/mol. The topological polar surface area (TPSA) is 29.5 Å². The molecule has 0 fully saturated rings. The zero-order valence-electron chi connectivity index (χ0n) is 9.50. The average molecular weight is 205 g/mol. The molecule has 1 aromatic carbocycles. The molecule has 1 aliphatic rings. The van der Waals surface area contributed by atoms with Gasteiger partial charge in [-0.25, -0.2) is 0 Å². The molecule has 0 bridgehead atoms. The van der Waals surface area contributed by atoms with Crippen LogP contribution in [0.3, 0.4) is 0 Å². The molecule has 0 spiro atoms. The molecule has 3 heteroatoms. The molecule has 1 aliphatic heterocycles. The summed E-state index contributed by atoms with van der Waals surface area (Å²) in [4.78, 5) is 13.6. The van der Waals surface area contributed by atoms with E-state index in [2.05, 4.69) is 0 Å². The summed E-state index contributed by atoms with van der Waals surface area (Å²) in [7, 11) is 1.78. The van der Waals surface area contributed by atoms with Gasteiger partial charge in [-0.3, -0.25) is 4.79 Å².